The van der Waals surface area contributed by atoms with Gasteiger partial charge in [-0.3, -0.25) is 9.52 Å². The lowest BCUT2D eigenvalue weighted by Crippen LogP contribution is -2.35. The van der Waals surface area contributed by atoms with E-state index in [2.05, 4.69) is 4.72 Å². The number of anilines is 2. The van der Waals surface area contributed by atoms with Gasteiger partial charge in [0.25, 0.3) is 10.0 Å². The van der Waals surface area contributed by atoms with Crippen LogP contribution in [0.15, 0.2) is 53.4 Å². The number of carbonyl (C=O) groups is 1. The summed E-state index contributed by atoms with van der Waals surface area (Å²) in [5.74, 6) is 0.560. The van der Waals surface area contributed by atoms with Crippen LogP contribution < -0.4 is 14.4 Å². The van der Waals surface area contributed by atoms with Crippen molar-refractivity contribution in [3.8, 4) is 5.75 Å². The molecule has 1 fully saturated rings. The van der Waals surface area contributed by atoms with Crippen molar-refractivity contribution in [1.82, 2.24) is 0 Å². The van der Waals surface area contributed by atoms with Crippen LogP contribution in [-0.2, 0) is 14.8 Å². The van der Waals surface area contributed by atoms with E-state index in [0.29, 0.717) is 31.0 Å². The fourth-order valence-electron chi connectivity index (χ4n) is 2.92. The first kappa shape index (κ1) is 18.3. The van der Waals surface area contributed by atoms with Crippen molar-refractivity contribution in [3.05, 3.63) is 48.5 Å². The summed E-state index contributed by atoms with van der Waals surface area (Å²) in [7, 11) is -3.75. The molecule has 1 saturated heterocycles. The molecule has 1 N–H and O–H groups in total. The number of hydrogen-bond acceptors (Lipinski definition) is 4. The summed E-state index contributed by atoms with van der Waals surface area (Å²) in [6.07, 6.45) is 2.41. The van der Waals surface area contributed by atoms with Crippen LogP contribution in [0, 0.1) is 0 Å². The minimum atomic E-state index is -3.75. The van der Waals surface area contributed by atoms with Crippen LogP contribution in [0.2, 0.25) is 0 Å². The molecule has 1 aliphatic heterocycles. The van der Waals surface area contributed by atoms with Crippen LogP contribution in [0.5, 0.6) is 5.75 Å². The lowest BCUT2D eigenvalue weighted by atomic mass is 10.1. The van der Waals surface area contributed by atoms with Crippen molar-refractivity contribution < 1.29 is 17.9 Å². The molecular formula is C19H22N2O4S. The SMILES string of the molecule is CCOc1ccccc1NS(=O)(=O)c1ccc(N2CCCCC2=O)cc1. The van der Waals surface area contributed by atoms with Gasteiger partial charge in [-0.1, -0.05) is 12.1 Å². The number of hydrogen-bond donors (Lipinski definition) is 1. The van der Waals surface area contributed by atoms with Crippen molar-refractivity contribution >= 4 is 27.3 Å². The molecule has 0 unspecified atom stereocenters. The highest BCUT2D eigenvalue weighted by Crippen LogP contribution is 2.28. The minimum absolute atomic E-state index is 0.0793. The Balaban J connectivity index is 1.81. The van der Waals surface area contributed by atoms with Gasteiger partial charge in [-0.25, -0.2) is 8.42 Å². The highest BCUT2D eigenvalue weighted by atomic mass is 32.2. The average molecular weight is 374 g/mol. The Morgan fingerprint density at radius 3 is 2.50 bits per heavy atom. The molecule has 0 saturated carbocycles. The summed E-state index contributed by atoms with van der Waals surface area (Å²) in [5, 5.41) is 0. The summed E-state index contributed by atoms with van der Waals surface area (Å²) in [4.78, 5) is 13.8. The zero-order chi connectivity index (χ0) is 18.6. The monoisotopic (exact) mass is 374 g/mol. The molecule has 1 aliphatic rings. The number of rotatable bonds is 6. The zero-order valence-corrected chi connectivity index (χ0v) is 15.5. The van der Waals surface area contributed by atoms with E-state index in [4.69, 9.17) is 4.74 Å². The Labute approximate surface area is 153 Å². The second-order valence-electron chi connectivity index (χ2n) is 6.03. The lowest BCUT2D eigenvalue weighted by Gasteiger charge is -2.26. The summed E-state index contributed by atoms with van der Waals surface area (Å²) in [5.41, 5.74) is 1.12. The molecule has 3 rings (SSSR count). The normalized spacial score (nSPS) is 15.0. The molecule has 0 bridgehead atoms. The Morgan fingerprint density at radius 2 is 1.81 bits per heavy atom. The molecule has 0 aromatic heterocycles. The van der Waals surface area contributed by atoms with Gasteiger partial charge < -0.3 is 9.64 Å². The molecule has 138 valence electrons. The fraction of sp³-hybridized carbons (Fsp3) is 0.316. The maximum atomic E-state index is 12.7. The molecule has 1 heterocycles. The molecule has 7 heteroatoms. The van der Waals surface area contributed by atoms with E-state index in [1.54, 1.807) is 41.3 Å². The maximum Gasteiger partial charge on any atom is 0.262 e. The quantitative estimate of drug-likeness (QED) is 0.841. The fourth-order valence-corrected chi connectivity index (χ4v) is 3.99. The molecule has 0 atom stereocenters. The van der Waals surface area contributed by atoms with Crippen molar-refractivity contribution in [1.29, 1.82) is 0 Å². The molecule has 0 aliphatic carbocycles. The first-order valence-corrected chi connectivity index (χ1v) is 10.1. The molecule has 2 aromatic carbocycles. The van der Waals surface area contributed by atoms with E-state index in [0.717, 1.165) is 18.5 Å². The molecule has 1 amide bonds. The Hall–Kier alpha value is -2.54. The zero-order valence-electron chi connectivity index (χ0n) is 14.6. The predicted molar refractivity (Wildman–Crippen MR) is 101 cm³/mol. The molecule has 2 aromatic rings. The van der Waals surface area contributed by atoms with Gasteiger partial charge in [-0.05, 0) is 56.2 Å². The number of amides is 1. The number of nitrogens with one attached hydrogen (secondary N) is 1. The van der Waals surface area contributed by atoms with E-state index in [-0.39, 0.29) is 10.8 Å². The van der Waals surface area contributed by atoms with Gasteiger partial charge in [0, 0.05) is 18.7 Å². The topological polar surface area (TPSA) is 75.7 Å². The van der Waals surface area contributed by atoms with Gasteiger partial charge in [-0.15, -0.1) is 0 Å². The van der Waals surface area contributed by atoms with Gasteiger partial charge in [0.05, 0.1) is 17.2 Å². The second kappa shape index (κ2) is 7.78. The molecule has 0 spiro atoms. The number of para-hydroxylation sites is 2. The maximum absolute atomic E-state index is 12.7. The van der Waals surface area contributed by atoms with Crippen molar-refractivity contribution in [2.75, 3.05) is 22.8 Å². The van der Waals surface area contributed by atoms with Crippen molar-refractivity contribution in [2.24, 2.45) is 0 Å². The summed E-state index contributed by atoms with van der Waals surface area (Å²) >= 11 is 0. The first-order chi connectivity index (χ1) is 12.5. The number of nitrogens with zero attached hydrogens (tertiary/aromatic N) is 1. The van der Waals surface area contributed by atoms with Crippen LogP contribution in [0.25, 0.3) is 0 Å². The number of sulfonamides is 1. The number of benzene rings is 2. The first-order valence-electron chi connectivity index (χ1n) is 8.66. The van der Waals surface area contributed by atoms with Crippen molar-refractivity contribution in [3.63, 3.8) is 0 Å². The third-order valence-corrected chi connectivity index (χ3v) is 5.59. The van der Waals surface area contributed by atoms with Crippen LogP contribution in [0.3, 0.4) is 0 Å². The number of piperidine rings is 1. The predicted octanol–water partition coefficient (Wildman–Crippen LogP) is 3.40. The van der Waals surface area contributed by atoms with Crippen LogP contribution in [-0.4, -0.2) is 27.5 Å². The van der Waals surface area contributed by atoms with Gasteiger partial charge in [0.15, 0.2) is 0 Å². The van der Waals surface area contributed by atoms with Gasteiger partial charge in [0.1, 0.15) is 5.75 Å². The van der Waals surface area contributed by atoms with Crippen LogP contribution in [0.4, 0.5) is 11.4 Å². The van der Waals surface area contributed by atoms with Gasteiger partial charge >= 0.3 is 0 Å². The van der Waals surface area contributed by atoms with Gasteiger partial charge in [0.2, 0.25) is 5.91 Å². The average Bonchev–Trinajstić information content (AvgIpc) is 2.64. The molecule has 0 radical (unpaired) electrons. The Bertz CT molecular complexity index is 879. The molecular weight excluding hydrogens is 352 g/mol. The third-order valence-electron chi connectivity index (χ3n) is 4.21. The van der Waals surface area contributed by atoms with Crippen molar-refractivity contribution in [2.45, 2.75) is 31.1 Å². The van der Waals surface area contributed by atoms with E-state index >= 15 is 0 Å². The summed E-state index contributed by atoms with van der Waals surface area (Å²) in [6, 6.07) is 13.3. The van der Waals surface area contributed by atoms with E-state index in [1.165, 1.54) is 12.1 Å². The number of carbonyl (C=O) groups excluding carboxylic acids is 1. The van der Waals surface area contributed by atoms with Gasteiger partial charge in [-0.2, -0.15) is 0 Å². The van der Waals surface area contributed by atoms with Crippen LogP contribution >= 0.6 is 0 Å². The minimum Gasteiger partial charge on any atom is -0.492 e. The third kappa shape index (κ3) is 3.99. The lowest BCUT2D eigenvalue weighted by molar-refractivity contribution is -0.119. The summed E-state index contributed by atoms with van der Waals surface area (Å²) < 4.78 is 33.3. The van der Waals surface area contributed by atoms with E-state index in [1.807, 2.05) is 6.92 Å². The highest BCUT2D eigenvalue weighted by Gasteiger charge is 2.21. The number of ether oxygens (including phenoxy) is 1. The largest absolute Gasteiger partial charge is 0.492 e. The van der Waals surface area contributed by atoms with E-state index < -0.39 is 10.0 Å². The Kier molecular flexibility index (Phi) is 5.46. The second-order valence-corrected chi connectivity index (χ2v) is 7.71. The molecule has 26 heavy (non-hydrogen) atoms. The standard InChI is InChI=1S/C19H22N2O4S/c1-2-25-18-8-4-3-7-17(18)20-26(23,24)16-12-10-15(11-13-16)21-14-6-5-9-19(21)22/h3-4,7-8,10-13,20H,2,5-6,9,14H2,1H3. The summed E-state index contributed by atoms with van der Waals surface area (Å²) in [6.45, 7) is 2.95. The highest BCUT2D eigenvalue weighted by molar-refractivity contribution is 7.92. The smallest absolute Gasteiger partial charge is 0.262 e. The molecule has 6 nitrogen and oxygen atoms in total. The van der Waals surface area contributed by atoms with E-state index in [9.17, 15) is 13.2 Å². The van der Waals surface area contributed by atoms with Crippen LogP contribution in [0.1, 0.15) is 26.2 Å². The Morgan fingerprint density at radius 1 is 1.08 bits per heavy atom.